The van der Waals surface area contributed by atoms with Gasteiger partial charge in [0.05, 0.1) is 31.9 Å². The molecule has 4 heteroatoms. The molecule has 0 spiro atoms. The molecule has 0 N–H and O–H groups in total. The lowest BCUT2D eigenvalue weighted by molar-refractivity contribution is -0.526. The van der Waals surface area contributed by atoms with Gasteiger partial charge in [-0.2, -0.15) is 0 Å². The van der Waals surface area contributed by atoms with E-state index in [4.69, 9.17) is 4.74 Å². The van der Waals surface area contributed by atoms with Crippen molar-refractivity contribution in [1.82, 2.24) is 4.90 Å². The maximum Gasteiger partial charge on any atom is 0.186 e. The Labute approximate surface area is 97.6 Å². The first kappa shape index (κ1) is 11.7. The highest BCUT2D eigenvalue weighted by molar-refractivity contribution is 5.83. The molecular formula is C12H22N3O+. The van der Waals surface area contributed by atoms with Gasteiger partial charge in [-0.05, 0) is 11.0 Å². The van der Waals surface area contributed by atoms with E-state index in [-0.39, 0.29) is 0 Å². The van der Waals surface area contributed by atoms with E-state index in [9.17, 15) is 0 Å². The van der Waals surface area contributed by atoms with Gasteiger partial charge in [0.2, 0.25) is 0 Å². The molecule has 0 aromatic heterocycles. The highest BCUT2D eigenvalue weighted by Gasteiger charge is 2.22. The Balaban J connectivity index is 1.74. The van der Waals surface area contributed by atoms with Crippen LogP contribution in [0.15, 0.2) is 5.10 Å². The SMILES string of the molecule is CC(C)C1C=N[N+](CCN2CCOCC2)=C1. The molecule has 1 unspecified atom stereocenters. The molecule has 2 rings (SSSR count). The topological polar surface area (TPSA) is 27.8 Å². The van der Waals surface area contributed by atoms with Gasteiger partial charge in [0.15, 0.2) is 12.8 Å². The second-order valence-electron chi connectivity index (χ2n) is 4.85. The molecule has 0 aromatic rings. The van der Waals surface area contributed by atoms with Gasteiger partial charge in [0, 0.05) is 13.1 Å². The summed E-state index contributed by atoms with van der Waals surface area (Å²) in [4.78, 5) is 2.44. The summed E-state index contributed by atoms with van der Waals surface area (Å²) in [7, 11) is 0. The minimum Gasteiger partial charge on any atom is -0.379 e. The Kier molecular flexibility index (Phi) is 4.07. The predicted octanol–water partition coefficient (Wildman–Crippen LogP) is 0.674. The van der Waals surface area contributed by atoms with Crippen LogP contribution in [-0.4, -0.2) is 61.4 Å². The zero-order chi connectivity index (χ0) is 11.4. The molecule has 2 aliphatic rings. The third-order valence-corrected chi connectivity index (χ3v) is 3.25. The minimum atomic E-state index is 0.518. The van der Waals surface area contributed by atoms with Crippen LogP contribution in [0.4, 0.5) is 0 Å². The first-order valence-corrected chi connectivity index (χ1v) is 6.21. The Morgan fingerprint density at radius 1 is 1.44 bits per heavy atom. The second kappa shape index (κ2) is 5.55. The average Bonchev–Trinajstić information content (AvgIpc) is 2.76. The van der Waals surface area contributed by atoms with Crippen LogP contribution in [0.25, 0.3) is 0 Å². The van der Waals surface area contributed by atoms with Gasteiger partial charge in [0.1, 0.15) is 0 Å². The van der Waals surface area contributed by atoms with Crippen molar-refractivity contribution < 1.29 is 9.42 Å². The third kappa shape index (κ3) is 3.12. The monoisotopic (exact) mass is 224 g/mol. The zero-order valence-corrected chi connectivity index (χ0v) is 10.3. The summed E-state index contributed by atoms with van der Waals surface area (Å²) in [6.07, 6.45) is 4.30. The Morgan fingerprint density at radius 2 is 2.19 bits per heavy atom. The van der Waals surface area contributed by atoms with E-state index in [0.717, 1.165) is 39.4 Å². The van der Waals surface area contributed by atoms with Crippen LogP contribution in [0.2, 0.25) is 0 Å². The minimum absolute atomic E-state index is 0.518. The van der Waals surface area contributed by atoms with Crippen LogP contribution in [0.5, 0.6) is 0 Å². The van der Waals surface area contributed by atoms with E-state index in [1.165, 1.54) is 0 Å². The average molecular weight is 224 g/mol. The van der Waals surface area contributed by atoms with Gasteiger partial charge < -0.3 is 4.74 Å². The van der Waals surface area contributed by atoms with Crippen LogP contribution >= 0.6 is 0 Å². The Hall–Kier alpha value is -0.740. The van der Waals surface area contributed by atoms with Crippen molar-refractivity contribution in [2.24, 2.45) is 16.9 Å². The van der Waals surface area contributed by atoms with E-state index in [2.05, 4.69) is 41.0 Å². The van der Waals surface area contributed by atoms with Crippen molar-refractivity contribution in [3.8, 4) is 0 Å². The van der Waals surface area contributed by atoms with Gasteiger partial charge in [-0.15, -0.1) is 0 Å². The quantitative estimate of drug-likeness (QED) is 0.657. The lowest BCUT2D eigenvalue weighted by atomic mass is 9.99. The van der Waals surface area contributed by atoms with Crippen molar-refractivity contribution in [1.29, 1.82) is 0 Å². The largest absolute Gasteiger partial charge is 0.379 e. The molecule has 4 nitrogen and oxygen atoms in total. The van der Waals surface area contributed by atoms with E-state index < -0.39 is 0 Å². The lowest BCUT2D eigenvalue weighted by Crippen LogP contribution is -2.39. The summed E-state index contributed by atoms with van der Waals surface area (Å²) in [5, 5.41) is 4.42. The first-order chi connectivity index (χ1) is 7.75. The van der Waals surface area contributed by atoms with Crippen LogP contribution in [0.3, 0.4) is 0 Å². The van der Waals surface area contributed by atoms with Gasteiger partial charge >= 0.3 is 0 Å². The zero-order valence-electron chi connectivity index (χ0n) is 10.3. The third-order valence-electron chi connectivity index (χ3n) is 3.25. The van der Waals surface area contributed by atoms with Crippen LogP contribution < -0.4 is 0 Å². The molecule has 0 amide bonds. The lowest BCUT2D eigenvalue weighted by Gasteiger charge is -2.24. The highest BCUT2D eigenvalue weighted by Crippen LogP contribution is 2.09. The number of ether oxygens (including phenoxy) is 1. The Morgan fingerprint density at radius 3 is 2.81 bits per heavy atom. The maximum atomic E-state index is 5.33. The van der Waals surface area contributed by atoms with Gasteiger partial charge in [0.25, 0.3) is 0 Å². The molecule has 90 valence electrons. The molecule has 1 atom stereocenters. The summed E-state index contributed by atoms with van der Waals surface area (Å²) in [5.41, 5.74) is 0. The maximum absolute atomic E-state index is 5.33. The van der Waals surface area contributed by atoms with Gasteiger partial charge in [-0.25, -0.2) is 0 Å². The Bertz CT molecular complexity index is 280. The second-order valence-corrected chi connectivity index (χ2v) is 4.85. The van der Waals surface area contributed by atoms with Crippen LogP contribution in [0.1, 0.15) is 13.8 Å². The molecule has 2 aliphatic heterocycles. The molecule has 2 heterocycles. The van der Waals surface area contributed by atoms with Crippen molar-refractivity contribution in [2.45, 2.75) is 13.8 Å². The summed E-state index contributed by atoms with van der Waals surface area (Å²) in [5.74, 6) is 1.17. The van der Waals surface area contributed by atoms with Crippen molar-refractivity contribution in [3.63, 3.8) is 0 Å². The summed E-state index contributed by atoms with van der Waals surface area (Å²) < 4.78 is 7.41. The van der Waals surface area contributed by atoms with Crippen molar-refractivity contribution in [3.05, 3.63) is 0 Å². The molecule has 0 bridgehead atoms. The number of rotatable bonds is 4. The van der Waals surface area contributed by atoms with E-state index in [1.54, 1.807) is 0 Å². The molecular weight excluding hydrogens is 202 g/mol. The van der Waals surface area contributed by atoms with E-state index in [1.807, 2.05) is 0 Å². The normalized spacial score (nSPS) is 26.4. The number of morpholine rings is 1. The number of nitrogens with zero attached hydrogens (tertiary/aromatic N) is 3. The van der Waals surface area contributed by atoms with Crippen LogP contribution in [0, 0.1) is 11.8 Å². The number of hydrazone groups is 1. The predicted molar refractivity (Wildman–Crippen MR) is 65.3 cm³/mol. The molecule has 0 aliphatic carbocycles. The fourth-order valence-corrected chi connectivity index (χ4v) is 1.98. The summed E-state index contributed by atoms with van der Waals surface area (Å²) >= 11 is 0. The molecule has 1 saturated heterocycles. The van der Waals surface area contributed by atoms with Crippen LogP contribution in [-0.2, 0) is 4.74 Å². The molecule has 0 saturated carbocycles. The smallest absolute Gasteiger partial charge is 0.186 e. The van der Waals surface area contributed by atoms with E-state index >= 15 is 0 Å². The van der Waals surface area contributed by atoms with Gasteiger partial charge in [-0.1, -0.05) is 18.5 Å². The van der Waals surface area contributed by atoms with Crippen molar-refractivity contribution in [2.75, 3.05) is 39.4 Å². The number of hydrogen-bond acceptors (Lipinski definition) is 3. The molecule has 16 heavy (non-hydrogen) atoms. The standard InChI is InChI=1S/C12H22N3O/c1-11(2)12-9-13-15(10-12)4-3-14-5-7-16-8-6-14/h9-12H,3-8H2,1-2H3/q+1. The van der Waals surface area contributed by atoms with Gasteiger partial charge in [-0.3, -0.25) is 4.90 Å². The van der Waals surface area contributed by atoms with Crippen molar-refractivity contribution >= 4 is 12.4 Å². The first-order valence-electron chi connectivity index (χ1n) is 6.21. The summed E-state index contributed by atoms with van der Waals surface area (Å²) in [6.45, 7) is 10.4. The molecule has 1 fully saturated rings. The summed E-state index contributed by atoms with van der Waals surface area (Å²) in [6, 6.07) is 0. The van der Waals surface area contributed by atoms with E-state index in [0.29, 0.717) is 11.8 Å². The fourth-order valence-electron chi connectivity index (χ4n) is 1.98. The highest BCUT2D eigenvalue weighted by atomic mass is 16.5. The fraction of sp³-hybridized carbons (Fsp3) is 0.833. The molecule has 0 radical (unpaired) electrons. The number of hydrogen-bond donors (Lipinski definition) is 0. The molecule has 0 aromatic carbocycles.